The van der Waals surface area contributed by atoms with E-state index in [1.807, 2.05) is 21.1 Å². The van der Waals surface area contributed by atoms with Gasteiger partial charge in [-0.1, -0.05) is 276 Å². The van der Waals surface area contributed by atoms with Crippen molar-refractivity contribution in [1.82, 2.24) is 0 Å². The molecule has 2 atom stereocenters. The maximum atomic E-state index is 12.8. The summed E-state index contributed by atoms with van der Waals surface area (Å²) in [6.07, 6.45) is 63.1. The number of quaternary nitrogens is 1. The molecule has 71 heavy (non-hydrogen) atoms. The average Bonchev–Trinajstić information content (AvgIpc) is 3.33. The summed E-state index contributed by atoms with van der Waals surface area (Å²) in [5.41, 5.74) is 0. The van der Waals surface area contributed by atoms with Crippen LogP contribution in [-0.4, -0.2) is 70.0 Å². The number of allylic oxidation sites excluding steroid dienone is 2. The molecule has 0 saturated heterocycles. The van der Waals surface area contributed by atoms with E-state index in [0.29, 0.717) is 17.4 Å². The van der Waals surface area contributed by atoms with Crippen LogP contribution in [0.3, 0.4) is 0 Å². The Morgan fingerprint density at radius 2 is 0.718 bits per heavy atom. The van der Waals surface area contributed by atoms with E-state index in [2.05, 4.69) is 26.0 Å². The Hall–Kier alpha value is -1.25. The Balaban J connectivity index is 3.82. The molecule has 0 bridgehead atoms. The van der Waals surface area contributed by atoms with Gasteiger partial charge in [-0.15, -0.1) is 0 Å². The molecule has 0 N–H and O–H groups in total. The third kappa shape index (κ3) is 57.9. The third-order valence-corrected chi connectivity index (χ3v) is 15.0. The van der Waals surface area contributed by atoms with Crippen LogP contribution in [0.4, 0.5) is 0 Å². The summed E-state index contributed by atoms with van der Waals surface area (Å²) in [6, 6.07) is 0. The second-order valence-electron chi connectivity index (χ2n) is 22.4. The molecule has 0 aromatic heterocycles. The smallest absolute Gasteiger partial charge is 0.306 e. The van der Waals surface area contributed by atoms with Crippen molar-refractivity contribution in [3.63, 3.8) is 0 Å². The quantitative estimate of drug-likeness (QED) is 0.0195. The zero-order valence-electron chi connectivity index (χ0n) is 48.0. The summed E-state index contributed by atoms with van der Waals surface area (Å²) in [5, 5.41) is 0. The van der Waals surface area contributed by atoms with Crippen LogP contribution in [0, 0.1) is 0 Å². The van der Waals surface area contributed by atoms with E-state index in [9.17, 15) is 19.0 Å². The van der Waals surface area contributed by atoms with Gasteiger partial charge in [0.05, 0.1) is 27.7 Å². The molecule has 422 valence electrons. The normalized spacial score (nSPS) is 13.3. The number of likely N-dealkylation sites (N-methyl/N-ethyl adjacent to an activating group) is 1. The maximum absolute atomic E-state index is 12.8. The molecule has 0 heterocycles. The second-order valence-corrected chi connectivity index (χ2v) is 23.8. The van der Waals surface area contributed by atoms with Gasteiger partial charge in [0.15, 0.2) is 6.10 Å². The lowest BCUT2D eigenvalue weighted by Gasteiger charge is -2.28. The van der Waals surface area contributed by atoms with Gasteiger partial charge in [-0.05, 0) is 38.5 Å². The molecule has 0 aromatic carbocycles. The average molecular weight is 1030 g/mol. The lowest BCUT2D eigenvalue weighted by atomic mass is 10.0. The molecular weight excluding hydrogens is 906 g/mol. The molecule has 0 aliphatic heterocycles. The largest absolute Gasteiger partial charge is 0.756 e. The molecule has 0 aliphatic rings. The van der Waals surface area contributed by atoms with Crippen LogP contribution in [0.1, 0.15) is 316 Å². The van der Waals surface area contributed by atoms with Crippen molar-refractivity contribution >= 4 is 19.8 Å². The van der Waals surface area contributed by atoms with Gasteiger partial charge < -0.3 is 27.9 Å². The number of phosphoric ester groups is 1. The zero-order valence-corrected chi connectivity index (χ0v) is 48.8. The first kappa shape index (κ1) is 69.8. The number of rotatable bonds is 58. The van der Waals surface area contributed by atoms with Gasteiger partial charge >= 0.3 is 11.9 Å². The molecule has 0 spiro atoms. The van der Waals surface area contributed by atoms with E-state index in [4.69, 9.17) is 18.5 Å². The number of hydrogen-bond donors (Lipinski definition) is 0. The highest BCUT2D eigenvalue weighted by atomic mass is 31.2. The SMILES string of the molecule is CCCCCCCCCC/C=C\CCCCCCCCCCCCCCCCCCCCCCCCCCCC(=O)OC(COC(=O)CCCCCCCCCCCC)COP(=O)([O-])OCC[N+](C)(C)C. The highest BCUT2D eigenvalue weighted by Crippen LogP contribution is 2.38. The number of hydrogen-bond acceptors (Lipinski definition) is 8. The standard InChI is InChI=1S/C61H120NO8P/c1-6-8-10-12-14-16-18-19-20-21-22-23-24-25-26-27-28-29-30-31-32-33-34-35-36-37-38-39-40-41-42-43-44-46-48-50-52-54-61(64)70-59(58-69-71(65,66)68-56-55-62(3,4)5)57-67-60(63)53-51-49-47-45-17-15-13-11-9-7-2/h21-22,59H,6-20,23-58H2,1-5H3/b22-21-. The first-order valence-electron chi connectivity index (χ1n) is 30.9. The van der Waals surface area contributed by atoms with Crippen molar-refractivity contribution in [3.05, 3.63) is 12.2 Å². The molecular formula is C61H120NO8P. The number of unbranched alkanes of at least 4 members (excludes halogenated alkanes) is 42. The third-order valence-electron chi connectivity index (χ3n) is 14.0. The van der Waals surface area contributed by atoms with E-state index < -0.39 is 26.5 Å². The number of phosphoric acid groups is 1. The molecule has 0 aromatic rings. The fourth-order valence-corrected chi connectivity index (χ4v) is 9.97. The number of carbonyl (C=O) groups excluding carboxylic acids is 2. The summed E-state index contributed by atoms with van der Waals surface area (Å²) in [5.74, 6) is -0.817. The minimum absolute atomic E-state index is 0.0262. The van der Waals surface area contributed by atoms with E-state index in [0.717, 1.165) is 32.1 Å². The van der Waals surface area contributed by atoms with E-state index in [1.54, 1.807) is 0 Å². The Kier molecular flexibility index (Phi) is 52.6. The number of carbonyl (C=O) groups is 2. The molecule has 0 saturated carbocycles. The molecule has 9 nitrogen and oxygen atoms in total. The summed E-state index contributed by atoms with van der Waals surface area (Å²) in [6.45, 7) is 4.27. The van der Waals surface area contributed by atoms with Crippen molar-refractivity contribution in [3.8, 4) is 0 Å². The van der Waals surface area contributed by atoms with Crippen LogP contribution in [0.15, 0.2) is 12.2 Å². The monoisotopic (exact) mass is 1030 g/mol. The van der Waals surface area contributed by atoms with Crippen LogP contribution in [0.25, 0.3) is 0 Å². The summed E-state index contributed by atoms with van der Waals surface area (Å²) < 4.78 is 34.1. The van der Waals surface area contributed by atoms with Gasteiger partial charge in [0.25, 0.3) is 7.82 Å². The Labute approximate surface area is 441 Å². The van der Waals surface area contributed by atoms with Gasteiger partial charge in [-0.25, -0.2) is 0 Å². The molecule has 10 heteroatoms. The molecule has 0 amide bonds. The topological polar surface area (TPSA) is 111 Å². The van der Waals surface area contributed by atoms with Crippen molar-refractivity contribution in [2.45, 2.75) is 322 Å². The molecule has 0 radical (unpaired) electrons. The van der Waals surface area contributed by atoms with Gasteiger partial charge in [0.1, 0.15) is 19.8 Å². The molecule has 0 rings (SSSR count). The first-order chi connectivity index (χ1) is 34.5. The maximum Gasteiger partial charge on any atom is 0.306 e. The fraction of sp³-hybridized carbons (Fsp3) is 0.934. The van der Waals surface area contributed by atoms with Gasteiger partial charge in [0.2, 0.25) is 0 Å². The van der Waals surface area contributed by atoms with Gasteiger partial charge in [0, 0.05) is 12.8 Å². The van der Waals surface area contributed by atoms with E-state index in [1.165, 1.54) is 250 Å². The number of ether oxygens (including phenoxy) is 2. The van der Waals surface area contributed by atoms with Crippen LogP contribution in [0.2, 0.25) is 0 Å². The minimum atomic E-state index is -4.62. The van der Waals surface area contributed by atoms with Crippen LogP contribution >= 0.6 is 7.82 Å². The Morgan fingerprint density at radius 3 is 1.04 bits per heavy atom. The minimum Gasteiger partial charge on any atom is -0.756 e. The van der Waals surface area contributed by atoms with E-state index in [-0.39, 0.29) is 32.0 Å². The molecule has 2 unspecified atom stereocenters. The highest BCUT2D eigenvalue weighted by Gasteiger charge is 2.22. The van der Waals surface area contributed by atoms with Crippen LogP contribution in [0.5, 0.6) is 0 Å². The van der Waals surface area contributed by atoms with Crippen molar-refractivity contribution < 1.29 is 42.1 Å². The second kappa shape index (κ2) is 53.6. The fourth-order valence-electron chi connectivity index (χ4n) is 9.24. The Morgan fingerprint density at radius 1 is 0.423 bits per heavy atom. The van der Waals surface area contributed by atoms with Crippen molar-refractivity contribution in [1.29, 1.82) is 0 Å². The summed E-state index contributed by atoms with van der Waals surface area (Å²) in [7, 11) is 1.19. The van der Waals surface area contributed by atoms with Crippen LogP contribution in [-0.2, 0) is 32.7 Å². The Bertz CT molecular complexity index is 1210. The van der Waals surface area contributed by atoms with Gasteiger partial charge in [-0.2, -0.15) is 0 Å². The zero-order chi connectivity index (χ0) is 52.0. The lowest BCUT2D eigenvalue weighted by molar-refractivity contribution is -0.870. The lowest BCUT2D eigenvalue weighted by Crippen LogP contribution is -2.37. The molecule has 0 aliphatic carbocycles. The first-order valence-corrected chi connectivity index (χ1v) is 32.4. The van der Waals surface area contributed by atoms with Crippen LogP contribution < -0.4 is 4.89 Å². The molecule has 0 fully saturated rings. The number of esters is 2. The van der Waals surface area contributed by atoms with Crippen molar-refractivity contribution in [2.75, 3.05) is 47.5 Å². The van der Waals surface area contributed by atoms with Crippen molar-refractivity contribution in [2.24, 2.45) is 0 Å². The predicted molar refractivity (Wildman–Crippen MR) is 301 cm³/mol. The van der Waals surface area contributed by atoms with E-state index >= 15 is 0 Å². The van der Waals surface area contributed by atoms with Gasteiger partial charge in [-0.3, -0.25) is 14.2 Å². The summed E-state index contributed by atoms with van der Waals surface area (Å²) >= 11 is 0. The summed E-state index contributed by atoms with van der Waals surface area (Å²) in [4.78, 5) is 37.7. The predicted octanol–water partition coefficient (Wildman–Crippen LogP) is 18.6. The number of nitrogens with zero attached hydrogens (tertiary/aromatic N) is 1. The highest BCUT2D eigenvalue weighted by molar-refractivity contribution is 7.45.